The van der Waals surface area contributed by atoms with E-state index in [4.69, 9.17) is 9.47 Å². The van der Waals surface area contributed by atoms with Crippen molar-refractivity contribution in [2.24, 2.45) is 0 Å². The third-order valence-corrected chi connectivity index (χ3v) is 18.1. The maximum atomic E-state index is 15.0. The molecule has 0 saturated heterocycles. The Labute approximate surface area is 534 Å². The maximum Gasteiger partial charge on any atom is 0.123 e. The fourth-order valence-electron chi connectivity index (χ4n) is 14.1. The van der Waals surface area contributed by atoms with Crippen LogP contribution < -0.4 is 19.3 Å². The van der Waals surface area contributed by atoms with Crippen molar-refractivity contribution < 1.29 is 18.3 Å². The highest BCUT2D eigenvalue weighted by Gasteiger charge is 2.49. The van der Waals surface area contributed by atoms with Crippen LogP contribution in [0.4, 0.5) is 42.9 Å². The lowest BCUT2D eigenvalue weighted by Gasteiger charge is -2.37. The van der Waals surface area contributed by atoms with Gasteiger partial charge < -0.3 is 19.3 Å². The minimum absolute atomic E-state index is 0.310. The van der Waals surface area contributed by atoms with E-state index < -0.39 is 10.8 Å². The Bertz CT molecular complexity index is 4640. The van der Waals surface area contributed by atoms with Gasteiger partial charge in [-0.2, -0.15) is 0 Å². The topological polar surface area (TPSA) is 24.9 Å². The van der Waals surface area contributed by atoms with Gasteiger partial charge in [0.1, 0.15) is 36.3 Å². The summed E-state index contributed by atoms with van der Waals surface area (Å²) in [7, 11) is 0. The monoisotopic (exact) mass is 1190 g/mol. The number of hydrogen-bond donors (Lipinski definition) is 0. The average molecular weight is 1190 g/mol. The third-order valence-electron chi connectivity index (χ3n) is 18.1. The van der Waals surface area contributed by atoms with Crippen LogP contribution in [-0.4, -0.2) is 13.2 Å². The lowest BCUT2D eigenvalue weighted by molar-refractivity contribution is 0.363. The van der Waals surface area contributed by atoms with Gasteiger partial charge >= 0.3 is 0 Å². The van der Waals surface area contributed by atoms with E-state index in [1.54, 1.807) is 12.2 Å². The lowest BCUT2D eigenvalue weighted by atomic mass is 9.65. The van der Waals surface area contributed by atoms with Crippen molar-refractivity contribution in [3.63, 3.8) is 0 Å². The lowest BCUT2D eigenvalue weighted by Crippen LogP contribution is -2.31. The summed E-state index contributed by atoms with van der Waals surface area (Å²) in [6.45, 7) is 23.7. The number of allylic oxidation sites excluding steroid dienone is 5. The number of aryl methyl sites for hydroxylation is 4. The second-order valence-corrected chi connectivity index (χ2v) is 23.6. The zero-order chi connectivity index (χ0) is 63.0. The molecule has 11 aromatic rings. The molecule has 13 rings (SSSR count). The van der Waals surface area contributed by atoms with Crippen molar-refractivity contribution in [3.8, 4) is 33.8 Å². The predicted octanol–water partition coefficient (Wildman–Crippen LogP) is 22.2. The first-order valence-electron chi connectivity index (χ1n) is 30.9. The molecule has 4 nitrogen and oxygen atoms in total. The van der Waals surface area contributed by atoms with E-state index in [0.717, 1.165) is 112 Å². The molecule has 446 valence electrons. The number of benzene rings is 11. The van der Waals surface area contributed by atoms with Crippen LogP contribution >= 0.6 is 0 Å². The number of fused-ring (bicyclic) bond motifs is 4. The van der Waals surface area contributed by atoms with Crippen LogP contribution in [0.2, 0.25) is 0 Å². The van der Waals surface area contributed by atoms with Gasteiger partial charge in [-0.25, -0.2) is 8.78 Å². The van der Waals surface area contributed by atoms with Crippen LogP contribution in [0.1, 0.15) is 73.7 Å². The van der Waals surface area contributed by atoms with E-state index in [1.165, 1.54) is 57.6 Å². The fraction of sp³-hybridized carbons (Fsp3) is 0.106. The molecular formula is C85H70F2N2O2. The number of halogens is 2. The first-order chi connectivity index (χ1) is 44.4. The number of ether oxygens (including phenoxy) is 2. The van der Waals surface area contributed by atoms with Gasteiger partial charge in [-0.05, 0) is 245 Å². The van der Waals surface area contributed by atoms with Crippen LogP contribution in [0.15, 0.2) is 298 Å². The molecule has 0 heterocycles. The molecule has 2 aliphatic rings. The largest absolute Gasteiger partial charge is 0.490 e. The summed E-state index contributed by atoms with van der Waals surface area (Å²) in [5.41, 5.74) is 24.1. The van der Waals surface area contributed by atoms with Gasteiger partial charge in [-0.3, -0.25) is 0 Å². The molecule has 0 saturated carbocycles. The van der Waals surface area contributed by atoms with Gasteiger partial charge in [0, 0.05) is 34.1 Å². The normalized spacial score (nSPS) is 15.4. The smallest absolute Gasteiger partial charge is 0.123 e. The molecule has 6 heteroatoms. The highest BCUT2D eigenvalue weighted by atomic mass is 19.1. The summed E-state index contributed by atoms with van der Waals surface area (Å²) in [6, 6.07) is 83.2. The van der Waals surface area contributed by atoms with Crippen molar-refractivity contribution in [1.82, 2.24) is 0 Å². The van der Waals surface area contributed by atoms with Crippen LogP contribution in [0.25, 0.3) is 27.8 Å². The Kier molecular flexibility index (Phi) is 16.0. The number of nitrogens with zero attached hydrogens (tertiary/aromatic N) is 2. The Morgan fingerprint density at radius 1 is 0.396 bits per heavy atom. The molecule has 0 radical (unpaired) electrons. The Morgan fingerprint density at radius 3 is 1.26 bits per heavy atom. The highest BCUT2D eigenvalue weighted by Crippen LogP contribution is 2.60. The molecule has 91 heavy (non-hydrogen) atoms. The summed E-state index contributed by atoms with van der Waals surface area (Å²) >= 11 is 0. The summed E-state index contributed by atoms with van der Waals surface area (Å²) in [5.74, 6) is 0.904. The Morgan fingerprint density at radius 2 is 0.802 bits per heavy atom. The van der Waals surface area contributed by atoms with E-state index >= 15 is 0 Å². The van der Waals surface area contributed by atoms with Crippen molar-refractivity contribution in [1.29, 1.82) is 0 Å². The fourth-order valence-corrected chi connectivity index (χ4v) is 14.1. The molecule has 0 amide bonds. The summed E-state index contributed by atoms with van der Waals surface area (Å²) in [5, 5.41) is 0. The molecule has 11 aromatic carbocycles. The quantitative estimate of drug-likeness (QED) is 0.0754. The molecule has 0 N–H and O–H groups in total. The first kappa shape index (κ1) is 59.2. The second-order valence-electron chi connectivity index (χ2n) is 23.6. The summed E-state index contributed by atoms with van der Waals surface area (Å²) < 4.78 is 42.0. The van der Waals surface area contributed by atoms with Crippen molar-refractivity contribution in [2.45, 2.75) is 45.4 Å². The Hall–Kier alpha value is -10.8. The average Bonchev–Trinajstić information content (AvgIpc) is 1.57. The minimum Gasteiger partial charge on any atom is -0.490 e. The number of anilines is 6. The predicted molar refractivity (Wildman–Crippen MR) is 373 cm³/mol. The van der Waals surface area contributed by atoms with Crippen LogP contribution in [0.5, 0.6) is 11.5 Å². The molecule has 0 spiro atoms. The molecular weight excluding hydrogens is 1120 g/mol. The molecule has 0 aliphatic heterocycles. The van der Waals surface area contributed by atoms with Crippen molar-refractivity contribution in [3.05, 3.63) is 377 Å². The highest BCUT2D eigenvalue weighted by molar-refractivity contribution is 5.95. The van der Waals surface area contributed by atoms with E-state index in [0.29, 0.717) is 13.2 Å². The summed E-state index contributed by atoms with van der Waals surface area (Å²) in [6.07, 6.45) is 9.84. The maximum absolute atomic E-state index is 15.0. The molecule has 2 unspecified atom stereocenters. The van der Waals surface area contributed by atoms with Crippen molar-refractivity contribution >= 4 is 39.7 Å². The standard InChI is InChI=1S/C85H70F2N2O2/c1-9-15-78-74(12-4)76-48-42-70(54-82(76)84(78,80-52-56(5)18-20-58(80)7)62-26-44-72(45-27-62)90-50-10-2)88(68-38-30-64(86)31-39-68)66-34-22-60(23-35-66)61-24-36-67(37-25-61)89(69-40-32-65(87)33-41-69)71-43-49-77-75-16-13-14-17-79(75)85(83(77)55-71,81-53-57(6)19-21-59(81)8)63-28-46-73(47-29-63)91-51-11-3/h9-49,52-55H,2-4,50-51H2,1,5-8H3/b15-9-. The van der Waals surface area contributed by atoms with Gasteiger partial charge in [-0.1, -0.05) is 183 Å². The molecule has 2 atom stereocenters. The van der Waals surface area contributed by atoms with Crippen LogP contribution in [0, 0.1) is 39.3 Å². The molecule has 2 aliphatic carbocycles. The minimum atomic E-state index is -0.767. The Balaban J connectivity index is 0.908. The van der Waals surface area contributed by atoms with Gasteiger partial charge in [0.05, 0.1) is 10.8 Å². The van der Waals surface area contributed by atoms with Gasteiger partial charge in [0.25, 0.3) is 0 Å². The van der Waals surface area contributed by atoms with Crippen LogP contribution in [0.3, 0.4) is 0 Å². The van der Waals surface area contributed by atoms with Gasteiger partial charge in [-0.15, -0.1) is 0 Å². The molecule has 0 aromatic heterocycles. The van der Waals surface area contributed by atoms with Gasteiger partial charge in [0.15, 0.2) is 0 Å². The van der Waals surface area contributed by atoms with Crippen molar-refractivity contribution in [2.75, 3.05) is 23.0 Å². The summed E-state index contributed by atoms with van der Waals surface area (Å²) in [4.78, 5) is 4.41. The third kappa shape index (κ3) is 10.4. The van der Waals surface area contributed by atoms with E-state index in [2.05, 4.69) is 258 Å². The van der Waals surface area contributed by atoms with E-state index in [9.17, 15) is 8.78 Å². The zero-order valence-corrected chi connectivity index (χ0v) is 52.0. The van der Waals surface area contributed by atoms with Gasteiger partial charge in [0.2, 0.25) is 0 Å². The first-order valence-corrected chi connectivity index (χ1v) is 30.9. The molecule has 0 fully saturated rings. The zero-order valence-electron chi connectivity index (χ0n) is 52.0. The number of rotatable bonds is 19. The second kappa shape index (κ2) is 24.6. The SMILES string of the molecule is C=CCOc1ccc(C2(c3cc(C)ccc3C)C(/C=C\C)=C(C=C)c3ccc(N(c4ccc(F)cc4)c4ccc(-c5ccc(N(c6ccc(F)cc6)c6ccc7c(c6)C(c6ccc(OCC=C)cc6)(c6cc(C)ccc6C)c6ccccc6-7)cc5)cc4)cc32)cc1. The van der Waals surface area contributed by atoms with Crippen LogP contribution in [-0.2, 0) is 10.8 Å². The molecule has 0 bridgehead atoms. The van der Waals surface area contributed by atoms with E-state index in [-0.39, 0.29) is 11.6 Å². The number of hydrogen-bond acceptors (Lipinski definition) is 4. The van der Waals surface area contributed by atoms with E-state index in [1.807, 2.05) is 42.5 Å².